The van der Waals surface area contributed by atoms with Crippen LogP contribution in [0.1, 0.15) is 16.7 Å². The van der Waals surface area contributed by atoms with Gasteiger partial charge in [0.1, 0.15) is 5.84 Å². The lowest BCUT2D eigenvalue weighted by atomic mass is 10.1. The summed E-state index contributed by atoms with van der Waals surface area (Å²) < 4.78 is 5.58. The van der Waals surface area contributed by atoms with Crippen LogP contribution in [0.2, 0.25) is 0 Å². The third kappa shape index (κ3) is 3.40. The van der Waals surface area contributed by atoms with Crippen LogP contribution in [0.25, 0.3) is 0 Å². The molecule has 0 aliphatic heterocycles. The number of nitrogens with one attached hydrogen (secondary N) is 1. The maximum absolute atomic E-state index is 7.30. The van der Waals surface area contributed by atoms with Crippen molar-refractivity contribution in [2.75, 3.05) is 0 Å². The Bertz CT molecular complexity index is 508. The molecule has 18 heavy (non-hydrogen) atoms. The number of nitrogens with zero attached hydrogens (tertiary/aromatic N) is 1. The SMILES string of the molecule is N=C(N)c1ccc(COCc2cccnc2)cc1. The quantitative estimate of drug-likeness (QED) is 0.622. The lowest BCUT2D eigenvalue weighted by Gasteiger charge is -2.05. The van der Waals surface area contributed by atoms with E-state index in [1.807, 2.05) is 36.4 Å². The first kappa shape index (κ1) is 12.3. The molecule has 3 N–H and O–H groups in total. The summed E-state index contributed by atoms with van der Waals surface area (Å²) in [7, 11) is 0. The Kier molecular flexibility index (Phi) is 4.04. The highest BCUT2D eigenvalue weighted by Crippen LogP contribution is 2.07. The molecule has 0 radical (unpaired) electrons. The lowest BCUT2D eigenvalue weighted by Crippen LogP contribution is -2.10. The van der Waals surface area contributed by atoms with E-state index in [1.165, 1.54) is 0 Å². The number of hydrogen-bond donors (Lipinski definition) is 2. The van der Waals surface area contributed by atoms with E-state index in [-0.39, 0.29) is 5.84 Å². The van der Waals surface area contributed by atoms with Crippen LogP contribution >= 0.6 is 0 Å². The summed E-state index contributed by atoms with van der Waals surface area (Å²) in [5.41, 5.74) is 8.23. The molecule has 2 rings (SSSR count). The van der Waals surface area contributed by atoms with Crippen LogP contribution in [0.3, 0.4) is 0 Å². The monoisotopic (exact) mass is 241 g/mol. The van der Waals surface area contributed by atoms with Crippen molar-refractivity contribution in [1.29, 1.82) is 5.41 Å². The van der Waals surface area contributed by atoms with Crippen molar-refractivity contribution in [2.24, 2.45) is 5.73 Å². The minimum absolute atomic E-state index is 0.0813. The second kappa shape index (κ2) is 5.93. The molecule has 1 aromatic heterocycles. The molecule has 1 heterocycles. The van der Waals surface area contributed by atoms with Gasteiger partial charge in [-0.05, 0) is 17.2 Å². The topological polar surface area (TPSA) is 72.0 Å². The number of hydrogen-bond acceptors (Lipinski definition) is 3. The number of amidine groups is 1. The summed E-state index contributed by atoms with van der Waals surface area (Å²) in [6, 6.07) is 11.3. The summed E-state index contributed by atoms with van der Waals surface area (Å²) in [6.45, 7) is 1.08. The first-order valence-electron chi connectivity index (χ1n) is 5.65. The van der Waals surface area contributed by atoms with E-state index < -0.39 is 0 Å². The number of nitrogen functional groups attached to an aromatic ring is 1. The highest BCUT2D eigenvalue weighted by atomic mass is 16.5. The predicted octanol–water partition coefficient (Wildman–Crippen LogP) is 2.08. The van der Waals surface area contributed by atoms with Gasteiger partial charge in [-0.25, -0.2) is 0 Å². The van der Waals surface area contributed by atoms with Gasteiger partial charge in [-0.2, -0.15) is 0 Å². The van der Waals surface area contributed by atoms with Crippen molar-refractivity contribution in [3.63, 3.8) is 0 Å². The van der Waals surface area contributed by atoms with Crippen LogP contribution in [0.4, 0.5) is 0 Å². The van der Waals surface area contributed by atoms with Crippen LogP contribution in [-0.2, 0) is 18.0 Å². The first-order valence-corrected chi connectivity index (χ1v) is 5.65. The number of benzene rings is 1. The van der Waals surface area contributed by atoms with Gasteiger partial charge in [0.25, 0.3) is 0 Å². The third-order valence-electron chi connectivity index (χ3n) is 2.53. The lowest BCUT2D eigenvalue weighted by molar-refractivity contribution is 0.107. The summed E-state index contributed by atoms with van der Waals surface area (Å²) in [4.78, 5) is 4.02. The second-order valence-corrected chi connectivity index (χ2v) is 3.96. The molecule has 0 saturated carbocycles. The number of rotatable bonds is 5. The molecule has 0 aliphatic rings. The number of pyridine rings is 1. The Hall–Kier alpha value is -2.20. The summed E-state index contributed by atoms with van der Waals surface area (Å²) in [6.07, 6.45) is 3.53. The van der Waals surface area contributed by atoms with E-state index in [0.29, 0.717) is 13.2 Å². The van der Waals surface area contributed by atoms with Crippen molar-refractivity contribution in [3.8, 4) is 0 Å². The number of aromatic nitrogens is 1. The Morgan fingerprint density at radius 2 is 1.83 bits per heavy atom. The van der Waals surface area contributed by atoms with Gasteiger partial charge in [0, 0.05) is 18.0 Å². The smallest absolute Gasteiger partial charge is 0.122 e. The van der Waals surface area contributed by atoms with Crippen LogP contribution in [0.5, 0.6) is 0 Å². The van der Waals surface area contributed by atoms with Gasteiger partial charge in [-0.15, -0.1) is 0 Å². The molecule has 0 saturated heterocycles. The van der Waals surface area contributed by atoms with Crippen molar-refractivity contribution >= 4 is 5.84 Å². The van der Waals surface area contributed by atoms with Crippen LogP contribution in [0, 0.1) is 5.41 Å². The summed E-state index contributed by atoms with van der Waals surface area (Å²) in [5, 5.41) is 7.30. The van der Waals surface area contributed by atoms with E-state index in [4.69, 9.17) is 15.9 Å². The van der Waals surface area contributed by atoms with E-state index in [2.05, 4.69) is 4.98 Å². The fraction of sp³-hybridized carbons (Fsp3) is 0.143. The molecule has 92 valence electrons. The van der Waals surface area contributed by atoms with Gasteiger partial charge in [0.15, 0.2) is 0 Å². The summed E-state index contributed by atoms with van der Waals surface area (Å²) in [5.74, 6) is 0.0813. The van der Waals surface area contributed by atoms with Gasteiger partial charge in [0.2, 0.25) is 0 Å². The molecule has 4 heteroatoms. The predicted molar refractivity (Wildman–Crippen MR) is 70.2 cm³/mol. The molecule has 0 bridgehead atoms. The Morgan fingerprint density at radius 3 is 2.44 bits per heavy atom. The maximum Gasteiger partial charge on any atom is 0.122 e. The van der Waals surface area contributed by atoms with E-state index in [1.54, 1.807) is 12.4 Å². The molecule has 0 spiro atoms. The third-order valence-corrected chi connectivity index (χ3v) is 2.53. The average Bonchev–Trinajstić information content (AvgIpc) is 2.40. The van der Waals surface area contributed by atoms with Gasteiger partial charge in [-0.3, -0.25) is 10.4 Å². The molecular weight excluding hydrogens is 226 g/mol. The Balaban J connectivity index is 1.85. The molecule has 0 amide bonds. The minimum Gasteiger partial charge on any atom is -0.384 e. The molecule has 2 aromatic rings. The molecule has 0 fully saturated rings. The maximum atomic E-state index is 7.30. The van der Waals surface area contributed by atoms with Crippen molar-refractivity contribution < 1.29 is 4.74 Å². The number of ether oxygens (including phenoxy) is 1. The van der Waals surface area contributed by atoms with Crippen LogP contribution in [0.15, 0.2) is 48.8 Å². The van der Waals surface area contributed by atoms with Crippen molar-refractivity contribution in [1.82, 2.24) is 4.98 Å². The zero-order valence-corrected chi connectivity index (χ0v) is 9.97. The summed E-state index contributed by atoms with van der Waals surface area (Å²) >= 11 is 0. The number of nitrogens with two attached hydrogens (primary N) is 1. The zero-order valence-electron chi connectivity index (χ0n) is 9.97. The average molecular weight is 241 g/mol. The van der Waals surface area contributed by atoms with E-state index in [0.717, 1.165) is 16.7 Å². The fourth-order valence-corrected chi connectivity index (χ4v) is 1.55. The highest BCUT2D eigenvalue weighted by Gasteiger charge is 1.98. The van der Waals surface area contributed by atoms with Gasteiger partial charge in [0.05, 0.1) is 13.2 Å². The fourth-order valence-electron chi connectivity index (χ4n) is 1.55. The molecular formula is C14H15N3O. The van der Waals surface area contributed by atoms with E-state index >= 15 is 0 Å². The Morgan fingerprint density at radius 1 is 1.11 bits per heavy atom. The molecule has 1 aromatic carbocycles. The normalized spacial score (nSPS) is 10.2. The van der Waals surface area contributed by atoms with Crippen molar-refractivity contribution in [2.45, 2.75) is 13.2 Å². The largest absolute Gasteiger partial charge is 0.384 e. The van der Waals surface area contributed by atoms with Crippen LogP contribution in [-0.4, -0.2) is 10.8 Å². The second-order valence-electron chi connectivity index (χ2n) is 3.96. The zero-order chi connectivity index (χ0) is 12.8. The van der Waals surface area contributed by atoms with Gasteiger partial charge >= 0.3 is 0 Å². The van der Waals surface area contributed by atoms with E-state index in [9.17, 15) is 0 Å². The molecule has 0 unspecified atom stereocenters. The Labute approximate surface area is 106 Å². The van der Waals surface area contributed by atoms with Crippen molar-refractivity contribution in [3.05, 3.63) is 65.5 Å². The highest BCUT2D eigenvalue weighted by molar-refractivity contribution is 5.94. The van der Waals surface area contributed by atoms with Crippen LogP contribution < -0.4 is 5.73 Å². The molecule has 0 atom stereocenters. The van der Waals surface area contributed by atoms with Gasteiger partial charge < -0.3 is 10.5 Å². The first-order chi connectivity index (χ1) is 8.75. The standard InChI is InChI=1S/C14H15N3O/c15-14(16)13-5-3-11(4-6-13)9-18-10-12-2-1-7-17-8-12/h1-8H,9-10H2,(H3,15,16). The molecule has 0 aliphatic carbocycles. The van der Waals surface area contributed by atoms with Gasteiger partial charge in [-0.1, -0.05) is 30.3 Å². The minimum atomic E-state index is 0.0813. The molecule has 4 nitrogen and oxygen atoms in total.